The molecule has 6 rings (SSSR count). The van der Waals surface area contributed by atoms with Gasteiger partial charge >= 0.3 is 0 Å². The molecule has 2 heterocycles. The summed E-state index contributed by atoms with van der Waals surface area (Å²) < 4.78 is 6.43. The van der Waals surface area contributed by atoms with Crippen LogP contribution in [0.25, 0.3) is 0 Å². The van der Waals surface area contributed by atoms with Crippen LogP contribution in [0.5, 0.6) is 5.75 Å². The normalized spacial score (nSPS) is 31.6. The number of para-hydroxylation sites is 1. The van der Waals surface area contributed by atoms with Crippen molar-refractivity contribution in [3.8, 4) is 5.75 Å². The van der Waals surface area contributed by atoms with Crippen LogP contribution in [0.15, 0.2) is 48.8 Å². The van der Waals surface area contributed by atoms with E-state index in [1.165, 1.54) is 0 Å². The molecule has 30 heavy (non-hydrogen) atoms. The van der Waals surface area contributed by atoms with Gasteiger partial charge in [0.2, 0.25) is 5.91 Å². The molecule has 0 saturated heterocycles. The molecule has 1 aromatic heterocycles. The van der Waals surface area contributed by atoms with E-state index in [4.69, 9.17) is 4.74 Å². The molecular formula is C24H27N3O3. The first kappa shape index (κ1) is 19.1. The highest BCUT2D eigenvalue weighted by Crippen LogP contribution is 2.58. The lowest BCUT2D eigenvalue weighted by Gasteiger charge is -2.59. The Morgan fingerprint density at radius 3 is 2.87 bits per heavy atom. The fourth-order valence-corrected chi connectivity index (χ4v) is 5.66. The summed E-state index contributed by atoms with van der Waals surface area (Å²) in [5.41, 5.74) is 0.846. The van der Waals surface area contributed by atoms with E-state index in [1.54, 1.807) is 18.5 Å². The monoisotopic (exact) mass is 405 g/mol. The highest BCUT2D eigenvalue weighted by molar-refractivity contribution is 5.98. The molecule has 1 aromatic carbocycles. The van der Waals surface area contributed by atoms with E-state index in [-0.39, 0.29) is 29.1 Å². The number of aromatic nitrogens is 1. The summed E-state index contributed by atoms with van der Waals surface area (Å²) in [7, 11) is 0. The molecule has 3 fully saturated rings. The van der Waals surface area contributed by atoms with Crippen molar-refractivity contribution in [1.29, 1.82) is 0 Å². The number of nitrogens with zero attached hydrogens (tertiary/aromatic N) is 1. The van der Waals surface area contributed by atoms with Crippen LogP contribution in [0.2, 0.25) is 0 Å². The van der Waals surface area contributed by atoms with E-state index < -0.39 is 5.72 Å². The van der Waals surface area contributed by atoms with Crippen molar-refractivity contribution in [1.82, 2.24) is 15.6 Å². The molecule has 6 heteroatoms. The molecule has 156 valence electrons. The van der Waals surface area contributed by atoms with Crippen LogP contribution in [-0.4, -0.2) is 29.1 Å². The Hall–Kier alpha value is -2.89. The lowest BCUT2D eigenvalue weighted by molar-refractivity contribution is -0.167. The van der Waals surface area contributed by atoms with Crippen molar-refractivity contribution in [3.63, 3.8) is 0 Å². The molecule has 3 aliphatic carbocycles. The zero-order valence-corrected chi connectivity index (χ0v) is 17.2. The van der Waals surface area contributed by atoms with Gasteiger partial charge in [0.05, 0.1) is 5.56 Å². The number of hydrogen-bond donors (Lipinski definition) is 2. The van der Waals surface area contributed by atoms with Crippen molar-refractivity contribution < 1.29 is 14.3 Å². The third kappa shape index (κ3) is 3.15. The minimum Gasteiger partial charge on any atom is -0.467 e. The van der Waals surface area contributed by atoms with Crippen LogP contribution in [0.3, 0.4) is 0 Å². The molecule has 1 aliphatic heterocycles. The summed E-state index contributed by atoms with van der Waals surface area (Å²) >= 11 is 0. The van der Waals surface area contributed by atoms with E-state index in [1.807, 2.05) is 30.3 Å². The zero-order valence-electron chi connectivity index (χ0n) is 17.2. The first-order chi connectivity index (χ1) is 14.5. The Morgan fingerprint density at radius 2 is 2.07 bits per heavy atom. The Balaban J connectivity index is 1.29. The fourth-order valence-electron chi connectivity index (χ4n) is 5.66. The number of hydrogen-bond acceptors (Lipinski definition) is 4. The first-order valence-electron chi connectivity index (χ1n) is 10.8. The van der Waals surface area contributed by atoms with Gasteiger partial charge in [-0.05, 0) is 60.9 Å². The van der Waals surface area contributed by atoms with Crippen LogP contribution in [0, 0.1) is 17.3 Å². The van der Waals surface area contributed by atoms with Gasteiger partial charge in [-0.2, -0.15) is 0 Å². The van der Waals surface area contributed by atoms with Crippen molar-refractivity contribution in [3.05, 3.63) is 59.9 Å². The van der Waals surface area contributed by atoms with Gasteiger partial charge in [-0.1, -0.05) is 19.1 Å². The third-order valence-electron chi connectivity index (χ3n) is 7.28. The van der Waals surface area contributed by atoms with Crippen molar-refractivity contribution in [2.24, 2.45) is 17.3 Å². The lowest BCUT2D eigenvalue weighted by Crippen LogP contribution is -2.69. The molecular weight excluding hydrogens is 378 g/mol. The number of nitrogens with one attached hydrogen (secondary N) is 2. The van der Waals surface area contributed by atoms with E-state index in [0.29, 0.717) is 24.3 Å². The molecule has 2 amide bonds. The summed E-state index contributed by atoms with van der Waals surface area (Å²) in [4.78, 5) is 29.9. The molecule has 2 aromatic rings. The lowest BCUT2D eigenvalue weighted by atomic mass is 9.52. The summed E-state index contributed by atoms with van der Waals surface area (Å²) in [6.07, 6.45) is 7.67. The van der Waals surface area contributed by atoms with E-state index in [9.17, 15) is 9.59 Å². The second-order valence-corrected chi connectivity index (χ2v) is 9.19. The Morgan fingerprint density at radius 1 is 1.27 bits per heavy atom. The van der Waals surface area contributed by atoms with Gasteiger partial charge in [0.1, 0.15) is 5.75 Å². The Bertz CT molecular complexity index is 979. The number of pyridine rings is 1. The second-order valence-electron chi connectivity index (χ2n) is 9.19. The summed E-state index contributed by atoms with van der Waals surface area (Å²) in [5.74, 6) is 0.764. The van der Waals surface area contributed by atoms with Gasteiger partial charge in [0.25, 0.3) is 5.91 Å². The molecule has 2 N–H and O–H groups in total. The highest BCUT2D eigenvalue weighted by Gasteiger charge is 2.61. The second kappa shape index (κ2) is 7.11. The van der Waals surface area contributed by atoms with Gasteiger partial charge in [-0.25, -0.2) is 0 Å². The molecule has 4 atom stereocenters. The van der Waals surface area contributed by atoms with Crippen molar-refractivity contribution in [2.75, 3.05) is 6.54 Å². The van der Waals surface area contributed by atoms with Gasteiger partial charge in [0, 0.05) is 37.2 Å². The summed E-state index contributed by atoms with van der Waals surface area (Å²) in [6.45, 7) is 2.79. The molecule has 0 radical (unpaired) electrons. The molecule has 4 unspecified atom stereocenters. The number of ether oxygens (including phenoxy) is 1. The Labute approximate surface area is 176 Å². The minimum absolute atomic E-state index is 0.0583. The molecule has 2 bridgehead atoms. The standard InChI is InChI=1S/C24H27N3O3/c1-23-10-6-17(14-19(23)22(29)26-13-9-16-7-11-25-12-8-16)24(15-23)27-21(28)18-4-2-3-5-20(18)30-24/h2-5,7-8,11-12,17,19H,6,9-10,13-15H2,1H3,(H,26,29)(H,27,28). The summed E-state index contributed by atoms with van der Waals surface area (Å²) in [6, 6.07) is 11.3. The number of rotatable bonds is 4. The van der Waals surface area contributed by atoms with Crippen LogP contribution in [-0.2, 0) is 11.2 Å². The average molecular weight is 405 g/mol. The van der Waals surface area contributed by atoms with Crippen molar-refractivity contribution in [2.45, 2.75) is 44.8 Å². The number of carbonyl (C=O) groups excluding carboxylic acids is 2. The third-order valence-corrected chi connectivity index (χ3v) is 7.28. The molecule has 6 nitrogen and oxygen atoms in total. The van der Waals surface area contributed by atoms with Crippen molar-refractivity contribution >= 4 is 11.8 Å². The number of carbonyl (C=O) groups is 2. The van der Waals surface area contributed by atoms with Gasteiger partial charge in [0.15, 0.2) is 5.72 Å². The molecule has 3 saturated carbocycles. The van der Waals surface area contributed by atoms with E-state index in [0.717, 1.165) is 31.2 Å². The van der Waals surface area contributed by atoms with Crippen LogP contribution >= 0.6 is 0 Å². The number of amides is 2. The summed E-state index contributed by atoms with van der Waals surface area (Å²) in [5, 5.41) is 6.31. The quantitative estimate of drug-likeness (QED) is 0.819. The maximum absolute atomic E-state index is 13.1. The topological polar surface area (TPSA) is 80.3 Å². The molecule has 1 spiro atoms. The smallest absolute Gasteiger partial charge is 0.258 e. The predicted molar refractivity (Wildman–Crippen MR) is 112 cm³/mol. The SMILES string of the molecule is CC12CCC(CC1C(=O)NCCc1ccncc1)C1(C2)NC(=O)c2ccccc2O1. The van der Waals surface area contributed by atoms with E-state index >= 15 is 0 Å². The molecule has 4 aliphatic rings. The fraction of sp³-hybridized carbons (Fsp3) is 0.458. The minimum atomic E-state index is -0.702. The average Bonchev–Trinajstić information content (AvgIpc) is 2.74. The Kier molecular flexibility index (Phi) is 4.53. The zero-order chi connectivity index (χ0) is 20.8. The van der Waals surface area contributed by atoms with Gasteiger partial charge in [-0.15, -0.1) is 0 Å². The highest BCUT2D eigenvalue weighted by atomic mass is 16.5. The number of benzene rings is 1. The largest absolute Gasteiger partial charge is 0.467 e. The maximum atomic E-state index is 13.1. The predicted octanol–water partition coefficient (Wildman–Crippen LogP) is 3.09. The van der Waals surface area contributed by atoms with Gasteiger partial charge < -0.3 is 15.4 Å². The number of fused-ring (bicyclic) bond motifs is 3. The first-order valence-corrected chi connectivity index (χ1v) is 10.8. The van der Waals surface area contributed by atoms with E-state index in [2.05, 4.69) is 22.5 Å². The van der Waals surface area contributed by atoms with Crippen LogP contribution in [0.4, 0.5) is 0 Å². The van der Waals surface area contributed by atoms with Gasteiger partial charge in [-0.3, -0.25) is 14.6 Å². The maximum Gasteiger partial charge on any atom is 0.258 e. The van der Waals surface area contributed by atoms with Crippen LogP contribution < -0.4 is 15.4 Å². The van der Waals surface area contributed by atoms with Crippen LogP contribution in [0.1, 0.15) is 48.5 Å².